The highest BCUT2D eigenvalue weighted by atomic mass is 32.2. The summed E-state index contributed by atoms with van der Waals surface area (Å²) in [6, 6.07) is 13.9. The van der Waals surface area contributed by atoms with E-state index in [0.29, 0.717) is 5.69 Å². The summed E-state index contributed by atoms with van der Waals surface area (Å²) in [6.45, 7) is 0. The van der Waals surface area contributed by atoms with Crippen molar-refractivity contribution in [1.82, 2.24) is 4.72 Å². The number of hydrogen-bond donors (Lipinski definition) is 3. The minimum Gasteiger partial charge on any atom is -0.378 e. The predicted molar refractivity (Wildman–Crippen MR) is 96.7 cm³/mol. The van der Waals surface area contributed by atoms with Gasteiger partial charge in [-0.15, -0.1) is 0 Å². The second-order valence-corrected chi connectivity index (χ2v) is 6.94. The number of guanidine groups is 1. The molecule has 24 heavy (non-hydrogen) atoms. The van der Waals surface area contributed by atoms with Crippen LogP contribution in [0.15, 0.2) is 58.4 Å². The number of sulfonamides is 1. The first-order valence-corrected chi connectivity index (χ1v) is 8.54. The number of rotatable bonds is 5. The van der Waals surface area contributed by atoms with Crippen molar-refractivity contribution in [1.29, 1.82) is 5.41 Å². The van der Waals surface area contributed by atoms with Gasteiger partial charge in [-0.25, -0.2) is 13.1 Å². The van der Waals surface area contributed by atoms with Gasteiger partial charge in [0.05, 0.1) is 10.6 Å². The Balaban J connectivity index is 2.12. The fourth-order valence-corrected chi connectivity index (χ4v) is 2.82. The zero-order valence-electron chi connectivity index (χ0n) is 13.4. The monoisotopic (exact) mass is 345 g/mol. The van der Waals surface area contributed by atoms with Crippen LogP contribution in [0.3, 0.4) is 0 Å². The third-order valence-electron chi connectivity index (χ3n) is 3.16. The van der Waals surface area contributed by atoms with Crippen LogP contribution in [0.1, 0.15) is 5.56 Å². The summed E-state index contributed by atoms with van der Waals surface area (Å²) in [5, 5.41) is 7.01. The van der Waals surface area contributed by atoms with E-state index in [9.17, 15) is 8.42 Å². The van der Waals surface area contributed by atoms with Gasteiger partial charge in [0.2, 0.25) is 0 Å². The Morgan fingerprint density at radius 3 is 2.21 bits per heavy atom. The molecule has 126 valence electrons. The van der Waals surface area contributed by atoms with Crippen LogP contribution in [0.4, 0.5) is 11.4 Å². The molecule has 0 unspecified atom stereocenters. The van der Waals surface area contributed by atoms with Crippen LogP contribution in [-0.2, 0) is 10.0 Å². The lowest BCUT2D eigenvalue weighted by molar-refractivity contribution is 0.592. The highest BCUT2D eigenvalue weighted by Crippen LogP contribution is 2.17. The molecular formula is C16H19N5O2S. The van der Waals surface area contributed by atoms with Gasteiger partial charge in [-0.1, -0.05) is 12.1 Å². The maximum absolute atomic E-state index is 11.8. The van der Waals surface area contributed by atoms with Crippen molar-refractivity contribution in [2.75, 3.05) is 19.0 Å². The van der Waals surface area contributed by atoms with E-state index in [-0.39, 0.29) is 4.90 Å². The molecule has 0 heterocycles. The number of nitrogens with zero attached hydrogens (tertiary/aromatic N) is 2. The van der Waals surface area contributed by atoms with Gasteiger partial charge in [-0.3, -0.25) is 10.4 Å². The van der Waals surface area contributed by atoms with E-state index in [1.165, 1.54) is 12.1 Å². The molecule has 0 saturated heterocycles. The molecule has 4 N–H and O–H groups in total. The van der Waals surface area contributed by atoms with Crippen LogP contribution in [0.25, 0.3) is 0 Å². The maximum Gasteiger partial charge on any atom is 0.264 e. The Hall–Kier alpha value is -2.87. The molecule has 2 aromatic rings. The predicted octanol–water partition coefficient (Wildman–Crippen LogP) is 1.67. The van der Waals surface area contributed by atoms with E-state index < -0.39 is 16.0 Å². The summed E-state index contributed by atoms with van der Waals surface area (Å²) in [5.41, 5.74) is 7.71. The standard InChI is InChI=1S/C16H19N5O2S/c1-21(2)14-7-3-12(4-8-14)11-19-13-5-9-15(10-6-13)24(22,23)20-16(17)18/h3-11H,1-2H3,(H4,17,18,20)/b19-11+. The first kappa shape index (κ1) is 17.5. The molecule has 0 saturated carbocycles. The van der Waals surface area contributed by atoms with Gasteiger partial charge in [-0.05, 0) is 42.0 Å². The van der Waals surface area contributed by atoms with Crippen molar-refractivity contribution in [3.63, 3.8) is 0 Å². The average Bonchev–Trinajstić information content (AvgIpc) is 2.52. The Kier molecular flexibility index (Phi) is 5.20. The average molecular weight is 345 g/mol. The minimum atomic E-state index is -3.81. The minimum absolute atomic E-state index is 0.0204. The molecular weight excluding hydrogens is 326 g/mol. The number of nitrogens with one attached hydrogen (secondary N) is 2. The Morgan fingerprint density at radius 2 is 1.71 bits per heavy atom. The van der Waals surface area contributed by atoms with Gasteiger partial charge in [0.1, 0.15) is 0 Å². The van der Waals surface area contributed by atoms with Crippen molar-refractivity contribution in [3.8, 4) is 0 Å². The van der Waals surface area contributed by atoms with Crippen LogP contribution < -0.4 is 15.4 Å². The Labute approximate surface area is 141 Å². The summed E-state index contributed by atoms with van der Waals surface area (Å²) in [7, 11) is 0.131. The van der Waals surface area contributed by atoms with E-state index in [2.05, 4.69) is 4.99 Å². The second-order valence-electron chi connectivity index (χ2n) is 5.26. The lowest BCUT2D eigenvalue weighted by atomic mass is 10.2. The van der Waals surface area contributed by atoms with E-state index in [4.69, 9.17) is 11.1 Å². The third kappa shape index (κ3) is 4.56. The summed E-state index contributed by atoms with van der Waals surface area (Å²) < 4.78 is 25.6. The van der Waals surface area contributed by atoms with Gasteiger partial charge in [0, 0.05) is 26.0 Å². The number of hydrogen-bond acceptors (Lipinski definition) is 5. The van der Waals surface area contributed by atoms with Crippen molar-refractivity contribution in [3.05, 3.63) is 54.1 Å². The van der Waals surface area contributed by atoms with Gasteiger partial charge in [0.25, 0.3) is 10.0 Å². The van der Waals surface area contributed by atoms with Crippen molar-refractivity contribution in [2.24, 2.45) is 10.7 Å². The SMILES string of the molecule is CN(C)c1ccc(/C=N/c2ccc(S(=O)(=O)NC(=N)N)cc2)cc1. The highest BCUT2D eigenvalue weighted by Gasteiger charge is 2.13. The van der Waals surface area contributed by atoms with Crippen molar-refractivity contribution >= 4 is 33.6 Å². The van der Waals surface area contributed by atoms with Crippen LogP contribution in [0, 0.1) is 5.41 Å². The summed E-state index contributed by atoms with van der Waals surface area (Å²) >= 11 is 0. The van der Waals surface area contributed by atoms with Gasteiger partial charge >= 0.3 is 0 Å². The molecule has 0 aliphatic heterocycles. The third-order valence-corrected chi connectivity index (χ3v) is 4.54. The van der Waals surface area contributed by atoms with Gasteiger partial charge < -0.3 is 10.6 Å². The van der Waals surface area contributed by atoms with E-state index in [1.807, 2.05) is 48.0 Å². The number of anilines is 1. The second kappa shape index (κ2) is 7.14. The van der Waals surface area contributed by atoms with Crippen LogP contribution in [0.5, 0.6) is 0 Å². The number of nitrogens with two attached hydrogens (primary N) is 1. The fourth-order valence-electron chi connectivity index (χ4n) is 1.92. The lowest BCUT2D eigenvalue weighted by Crippen LogP contribution is -2.35. The van der Waals surface area contributed by atoms with Gasteiger partial charge in [0.15, 0.2) is 5.96 Å². The molecule has 0 fully saturated rings. The van der Waals surface area contributed by atoms with Crippen molar-refractivity contribution in [2.45, 2.75) is 4.90 Å². The molecule has 0 radical (unpaired) electrons. The molecule has 8 heteroatoms. The first-order valence-electron chi connectivity index (χ1n) is 7.06. The molecule has 0 aliphatic carbocycles. The molecule has 2 rings (SSSR count). The zero-order valence-corrected chi connectivity index (χ0v) is 14.2. The highest BCUT2D eigenvalue weighted by molar-refractivity contribution is 7.90. The summed E-state index contributed by atoms with van der Waals surface area (Å²) in [5.74, 6) is -0.627. The van der Waals surface area contributed by atoms with Gasteiger partial charge in [-0.2, -0.15) is 0 Å². The Bertz CT molecular complexity index is 841. The number of aliphatic imine (C=N–C) groups is 1. The molecule has 0 atom stereocenters. The van der Waals surface area contributed by atoms with Crippen LogP contribution in [0.2, 0.25) is 0 Å². The molecule has 7 nitrogen and oxygen atoms in total. The summed E-state index contributed by atoms with van der Waals surface area (Å²) in [6.07, 6.45) is 1.71. The van der Waals surface area contributed by atoms with E-state index in [1.54, 1.807) is 18.3 Å². The maximum atomic E-state index is 11.8. The lowest BCUT2D eigenvalue weighted by Gasteiger charge is -2.11. The van der Waals surface area contributed by atoms with Crippen LogP contribution in [-0.4, -0.2) is 34.7 Å². The summed E-state index contributed by atoms with van der Waals surface area (Å²) in [4.78, 5) is 6.34. The normalized spacial score (nSPS) is 11.4. The zero-order chi connectivity index (χ0) is 17.7. The quantitative estimate of drug-likeness (QED) is 0.565. The topological polar surface area (TPSA) is 112 Å². The molecule has 0 amide bonds. The molecule has 0 spiro atoms. The number of benzene rings is 2. The fraction of sp³-hybridized carbons (Fsp3) is 0.125. The molecule has 0 aromatic heterocycles. The molecule has 0 aliphatic rings. The smallest absolute Gasteiger partial charge is 0.264 e. The van der Waals surface area contributed by atoms with Crippen molar-refractivity contribution < 1.29 is 8.42 Å². The Morgan fingerprint density at radius 1 is 1.12 bits per heavy atom. The van der Waals surface area contributed by atoms with E-state index in [0.717, 1.165) is 11.3 Å². The van der Waals surface area contributed by atoms with E-state index >= 15 is 0 Å². The molecule has 0 bridgehead atoms. The van der Waals surface area contributed by atoms with Crippen LogP contribution >= 0.6 is 0 Å². The first-order chi connectivity index (χ1) is 11.3. The molecule has 2 aromatic carbocycles. The largest absolute Gasteiger partial charge is 0.378 e.